The molecule has 5 heteroatoms. The second-order valence-corrected chi connectivity index (χ2v) is 5.29. The summed E-state index contributed by atoms with van der Waals surface area (Å²) in [6.07, 6.45) is 5.24. The highest BCUT2D eigenvalue weighted by Gasteiger charge is 2.18. The van der Waals surface area contributed by atoms with Gasteiger partial charge in [-0.15, -0.1) is 0 Å². The summed E-state index contributed by atoms with van der Waals surface area (Å²) in [7, 11) is 6.12. The maximum Gasteiger partial charge on any atom is 0.0834 e. The van der Waals surface area contributed by atoms with Crippen LogP contribution in [-0.4, -0.2) is 42.4 Å². The zero-order valence-electron chi connectivity index (χ0n) is 11.9. The van der Waals surface area contributed by atoms with E-state index < -0.39 is 0 Å². The van der Waals surface area contributed by atoms with Crippen LogP contribution < -0.4 is 5.32 Å². The molecule has 0 radical (unpaired) electrons. The van der Waals surface area contributed by atoms with Crippen molar-refractivity contribution in [1.29, 1.82) is 0 Å². The fraction of sp³-hybridized carbons (Fsp3) is 0.769. The summed E-state index contributed by atoms with van der Waals surface area (Å²) in [6, 6.07) is 0.294. The van der Waals surface area contributed by atoms with E-state index in [1.165, 1.54) is 12.8 Å². The van der Waals surface area contributed by atoms with Crippen molar-refractivity contribution in [3.05, 3.63) is 16.9 Å². The van der Waals surface area contributed by atoms with Crippen LogP contribution >= 0.6 is 11.6 Å². The van der Waals surface area contributed by atoms with Crippen LogP contribution in [0.4, 0.5) is 0 Å². The Morgan fingerprint density at radius 3 is 2.78 bits per heavy atom. The number of hydrogen-bond donors (Lipinski definition) is 1. The number of nitrogens with one attached hydrogen (secondary N) is 1. The molecule has 0 aromatic carbocycles. The smallest absolute Gasteiger partial charge is 0.0834 e. The molecule has 0 saturated carbocycles. The molecule has 1 aromatic heterocycles. The Labute approximate surface area is 115 Å². The van der Waals surface area contributed by atoms with Gasteiger partial charge in [-0.25, -0.2) is 0 Å². The SMILES string of the molecule is CCCCC(NC)c1c(Cl)cnn1CCN(C)C. The van der Waals surface area contributed by atoms with Crippen molar-refractivity contribution in [2.24, 2.45) is 0 Å². The normalized spacial score (nSPS) is 13.2. The van der Waals surface area contributed by atoms with E-state index in [4.69, 9.17) is 11.6 Å². The number of hydrogen-bond acceptors (Lipinski definition) is 3. The average Bonchev–Trinajstić information content (AvgIpc) is 2.70. The first-order valence-corrected chi connectivity index (χ1v) is 7.01. The van der Waals surface area contributed by atoms with E-state index in [0.29, 0.717) is 6.04 Å². The highest BCUT2D eigenvalue weighted by molar-refractivity contribution is 6.31. The molecule has 0 spiro atoms. The summed E-state index contributed by atoms with van der Waals surface area (Å²) in [5.41, 5.74) is 1.12. The lowest BCUT2D eigenvalue weighted by Gasteiger charge is -2.19. The van der Waals surface area contributed by atoms with Gasteiger partial charge in [-0.2, -0.15) is 5.10 Å². The van der Waals surface area contributed by atoms with E-state index in [1.807, 2.05) is 11.7 Å². The van der Waals surface area contributed by atoms with Crippen molar-refractivity contribution in [2.75, 3.05) is 27.7 Å². The maximum absolute atomic E-state index is 6.28. The van der Waals surface area contributed by atoms with E-state index >= 15 is 0 Å². The molecule has 1 atom stereocenters. The predicted octanol–water partition coefficient (Wildman–Crippen LogP) is 2.55. The Morgan fingerprint density at radius 2 is 2.22 bits per heavy atom. The van der Waals surface area contributed by atoms with Gasteiger partial charge in [0.2, 0.25) is 0 Å². The van der Waals surface area contributed by atoms with Gasteiger partial charge in [0, 0.05) is 6.54 Å². The zero-order valence-corrected chi connectivity index (χ0v) is 12.7. The fourth-order valence-corrected chi connectivity index (χ4v) is 2.29. The van der Waals surface area contributed by atoms with Gasteiger partial charge >= 0.3 is 0 Å². The van der Waals surface area contributed by atoms with Crippen LogP contribution in [0.15, 0.2) is 6.20 Å². The molecule has 0 saturated heterocycles. The molecule has 1 heterocycles. The Bertz CT molecular complexity index is 349. The highest BCUT2D eigenvalue weighted by Crippen LogP contribution is 2.26. The molecule has 104 valence electrons. The lowest BCUT2D eigenvalue weighted by molar-refractivity contribution is 0.361. The summed E-state index contributed by atoms with van der Waals surface area (Å²) in [4.78, 5) is 2.15. The van der Waals surface area contributed by atoms with Crippen molar-refractivity contribution in [3.63, 3.8) is 0 Å². The van der Waals surface area contributed by atoms with Crippen molar-refractivity contribution in [3.8, 4) is 0 Å². The minimum absolute atomic E-state index is 0.294. The van der Waals surface area contributed by atoms with E-state index in [9.17, 15) is 0 Å². The summed E-state index contributed by atoms with van der Waals surface area (Å²) >= 11 is 6.28. The Balaban J connectivity index is 2.80. The third-order valence-electron chi connectivity index (χ3n) is 3.12. The Hall–Kier alpha value is -0.580. The largest absolute Gasteiger partial charge is 0.312 e. The Kier molecular flexibility index (Phi) is 6.68. The first-order valence-electron chi connectivity index (χ1n) is 6.63. The lowest BCUT2D eigenvalue weighted by Crippen LogP contribution is -2.24. The van der Waals surface area contributed by atoms with Crippen molar-refractivity contribution in [2.45, 2.75) is 38.8 Å². The van der Waals surface area contributed by atoms with Gasteiger partial charge in [-0.3, -0.25) is 4.68 Å². The third kappa shape index (κ3) is 4.26. The summed E-state index contributed by atoms with van der Waals surface area (Å²) in [5.74, 6) is 0. The van der Waals surface area contributed by atoms with Gasteiger partial charge in [-0.1, -0.05) is 31.4 Å². The first kappa shape index (κ1) is 15.5. The minimum atomic E-state index is 0.294. The molecule has 1 aromatic rings. The van der Waals surface area contributed by atoms with Gasteiger partial charge in [0.25, 0.3) is 0 Å². The second-order valence-electron chi connectivity index (χ2n) is 4.89. The molecule has 0 aliphatic rings. The van der Waals surface area contributed by atoms with Crippen LogP contribution in [0.3, 0.4) is 0 Å². The minimum Gasteiger partial charge on any atom is -0.312 e. The molecule has 1 unspecified atom stereocenters. The van der Waals surface area contributed by atoms with Crippen LogP contribution in [0.1, 0.15) is 37.9 Å². The van der Waals surface area contributed by atoms with Gasteiger partial charge in [-0.05, 0) is 27.6 Å². The van der Waals surface area contributed by atoms with Crippen LogP contribution in [0.25, 0.3) is 0 Å². The topological polar surface area (TPSA) is 33.1 Å². The van der Waals surface area contributed by atoms with Gasteiger partial charge in [0.15, 0.2) is 0 Å². The molecule has 4 nitrogen and oxygen atoms in total. The molecule has 0 aliphatic carbocycles. The first-order chi connectivity index (χ1) is 8.60. The summed E-state index contributed by atoms with van der Waals surface area (Å²) in [6.45, 7) is 4.05. The third-order valence-corrected chi connectivity index (χ3v) is 3.41. The van der Waals surface area contributed by atoms with Crippen molar-refractivity contribution < 1.29 is 0 Å². The molecule has 0 amide bonds. The van der Waals surface area contributed by atoms with Crippen LogP contribution in [-0.2, 0) is 6.54 Å². The monoisotopic (exact) mass is 272 g/mol. The van der Waals surface area contributed by atoms with Gasteiger partial charge in [0.1, 0.15) is 0 Å². The van der Waals surface area contributed by atoms with Gasteiger partial charge in [0.05, 0.1) is 29.5 Å². The molecular weight excluding hydrogens is 248 g/mol. The number of halogens is 1. The number of aromatic nitrogens is 2. The summed E-state index contributed by atoms with van der Waals surface area (Å²) in [5, 5.41) is 8.50. The van der Waals surface area contributed by atoms with Crippen molar-refractivity contribution in [1.82, 2.24) is 20.0 Å². The zero-order chi connectivity index (χ0) is 13.5. The molecule has 18 heavy (non-hydrogen) atoms. The quantitative estimate of drug-likeness (QED) is 0.790. The maximum atomic E-state index is 6.28. The van der Waals surface area contributed by atoms with Crippen molar-refractivity contribution >= 4 is 11.6 Å². The van der Waals surface area contributed by atoms with Gasteiger partial charge < -0.3 is 10.2 Å². The standard InChI is InChI=1S/C13H25ClN4/c1-5-6-7-12(15-2)13-11(14)10-16-18(13)9-8-17(3)4/h10,12,15H,5-9H2,1-4H3. The predicted molar refractivity (Wildman–Crippen MR) is 77.1 cm³/mol. The summed E-state index contributed by atoms with van der Waals surface area (Å²) < 4.78 is 2.03. The lowest BCUT2D eigenvalue weighted by atomic mass is 10.1. The molecule has 1 rings (SSSR count). The van der Waals surface area contributed by atoms with Crippen LogP contribution in [0.2, 0.25) is 5.02 Å². The molecule has 1 N–H and O–H groups in total. The van der Waals surface area contributed by atoms with E-state index in [-0.39, 0.29) is 0 Å². The number of likely N-dealkylation sites (N-methyl/N-ethyl adjacent to an activating group) is 1. The van der Waals surface area contributed by atoms with Crippen LogP contribution in [0, 0.1) is 0 Å². The average molecular weight is 273 g/mol. The Morgan fingerprint density at radius 1 is 1.50 bits per heavy atom. The molecular formula is C13H25ClN4. The van der Waals surface area contributed by atoms with E-state index in [2.05, 4.69) is 36.3 Å². The second kappa shape index (κ2) is 7.77. The fourth-order valence-electron chi connectivity index (χ4n) is 2.02. The van der Waals surface area contributed by atoms with Crippen LogP contribution in [0.5, 0.6) is 0 Å². The molecule has 0 fully saturated rings. The van der Waals surface area contributed by atoms with E-state index in [0.717, 1.165) is 30.2 Å². The molecule has 0 aliphatic heterocycles. The highest BCUT2D eigenvalue weighted by atomic mass is 35.5. The number of nitrogens with zero attached hydrogens (tertiary/aromatic N) is 3. The molecule has 0 bridgehead atoms. The number of unbranched alkanes of at least 4 members (excludes halogenated alkanes) is 1. The van der Waals surface area contributed by atoms with E-state index in [1.54, 1.807) is 6.20 Å². The number of rotatable bonds is 8.